The van der Waals surface area contributed by atoms with Crippen molar-refractivity contribution in [2.75, 3.05) is 4.72 Å². The molecule has 1 aromatic heterocycles. The van der Waals surface area contributed by atoms with Crippen molar-refractivity contribution in [1.82, 2.24) is 15.0 Å². The van der Waals surface area contributed by atoms with Crippen LogP contribution in [0.3, 0.4) is 0 Å². The summed E-state index contributed by atoms with van der Waals surface area (Å²) in [6, 6.07) is 10.6. The smallest absolute Gasteiger partial charge is 0.260 e. The van der Waals surface area contributed by atoms with E-state index in [1.165, 1.54) is 11.0 Å². The van der Waals surface area contributed by atoms with Gasteiger partial charge in [-0.3, -0.25) is 4.72 Å². The van der Waals surface area contributed by atoms with Crippen LogP contribution in [0.2, 0.25) is 5.02 Å². The maximum absolute atomic E-state index is 12.5. The molecule has 0 amide bonds. The van der Waals surface area contributed by atoms with E-state index in [2.05, 4.69) is 14.9 Å². The van der Waals surface area contributed by atoms with Gasteiger partial charge < -0.3 is 0 Å². The Bertz CT molecular complexity index is 937. The fraction of sp³-hybridized carbons (Fsp3) is 0.143. The lowest BCUT2D eigenvalue weighted by Crippen LogP contribution is -2.14. The molecule has 0 aliphatic carbocycles. The van der Waals surface area contributed by atoms with Crippen LogP contribution in [-0.2, 0) is 16.6 Å². The van der Waals surface area contributed by atoms with E-state index in [1.807, 2.05) is 31.2 Å². The van der Waals surface area contributed by atoms with Crippen LogP contribution in [0.5, 0.6) is 0 Å². The van der Waals surface area contributed by atoms with Gasteiger partial charge in [-0.15, -0.1) is 5.10 Å². The maximum Gasteiger partial charge on any atom is 0.264 e. The van der Waals surface area contributed by atoms with Gasteiger partial charge in [-0.05, 0) is 29.8 Å². The minimum atomic E-state index is -3.83. The lowest BCUT2D eigenvalue weighted by Gasteiger charge is -2.08. The second-order valence-corrected chi connectivity index (χ2v) is 6.71. The average molecular weight is 337 g/mol. The molecule has 3 rings (SSSR count). The predicted molar refractivity (Wildman–Crippen MR) is 85.5 cm³/mol. The largest absolute Gasteiger partial charge is 0.264 e. The summed E-state index contributed by atoms with van der Waals surface area (Å²) in [5.41, 5.74) is 0. The van der Waals surface area contributed by atoms with E-state index in [1.54, 1.807) is 12.1 Å². The molecule has 3 aromatic rings. The van der Waals surface area contributed by atoms with Crippen LogP contribution in [0.25, 0.3) is 10.8 Å². The molecule has 0 unspecified atom stereocenters. The minimum Gasteiger partial charge on any atom is -0.260 e. The fourth-order valence-electron chi connectivity index (χ4n) is 2.09. The first kappa shape index (κ1) is 14.8. The summed E-state index contributed by atoms with van der Waals surface area (Å²) in [5, 5.41) is 9.77. The van der Waals surface area contributed by atoms with Crippen molar-refractivity contribution in [3.05, 3.63) is 47.6 Å². The van der Waals surface area contributed by atoms with Crippen LogP contribution in [-0.4, -0.2) is 23.4 Å². The van der Waals surface area contributed by atoms with Crippen molar-refractivity contribution in [2.24, 2.45) is 0 Å². The van der Waals surface area contributed by atoms with E-state index < -0.39 is 10.0 Å². The number of halogens is 1. The molecule has 6 nitrogen and oxygen atoms in total. The number of benzene rings is 2. The first-order chi connectivity index (χ1) is 10.5. The van der Waals surface area contributed by atoms with Gasteiger partial charge in [0.05, 0.1) is 17.8 Å². The quantitative estimate of drug-likeness (QED) is 0.794. The molecule has 0 aliphatic rings. The summed E-state index contributed by atoms with van der Waals surface area (Å²) < 4.78 is 27.4. The molecular weight excluding hydrogens is 324 g/mol. The second kappa shape index (κ2) is 5.58. The molecule has 0 spiro atoms. The SMILES string of the molecule is CCn1ncc(NS(=O)(=O)c2cc3ccccc3cc2Cl)n1. The number of hydrogen-bond acceptors (Lipinski definition) is 4. The first-order valence-electron chi connectivity index (χ1n) is 6.61. The number of anilines is 1. The summed E-state index contributed by atoms with van der Waals surface area (Å²) >= 11 is 6.13. The van der Waals surface area contributed by atoms with E-state index in [-0.39, 0.29) is 15.7 Å². The molecule has 0 bridgehead atoms. The van der Waals surface area contributed by atoms with Gasteiger partial charge >= 0.3 is 0 Å². The lowest BCUT2D eigenvalue weighted by atomic mass is 10.1. The Morgan fingerprint density at radius 1 is 1.23 bits per heavy atom. The Kier molecular flexibility index (Phi) is 3.76. The number of nitrogens with zero attached hydrogens (tertiary/aromatic N) is 3. The Morgan fingerprint density at radius 2 is 1.91 bits per heavy atom. The van der Waals surface area contributed by atoms with Gasteiger partial charge in [-0.2, -0.15) is 9.90 Å². The Labute approximate surface area is 132 Å². The fourth-order valence-corrected chi connectivity index (χ4v) is 3.64. The third-order valence-corrected chi connectivity index (χ3v) is 4.97. The Balaban J connectivity index is 2.02. The van der Waals surface area contributed by atoms with Crippen molar-refractivity contribution in [3.63, 3.8) is 0 Å². The molecule has 2 aromatic carbocycles. The van der Waals surface area contributed by atoms with Crippen LogP contribution >= 0.6 is 11.6 Å². The highest BCUT2D eigenvalue weighted by atomic mass is 35.5. The van der Waals surface area contributed by atoms with Gasteiger partial charge in [0.25, 0.3) is 10.0 Å². The van der Waals surface area contributed by atoms with Gasteiger partial charge in [0.15, 0.2) is 5.82 Å². The van der Waals surface area contributed by atoms with Crippen LogP contribution in [0.4, 0.5) is 5.82 Å². The molecule has 114 valence electrons. The normalized spacial score (nSPS) is 11.7. The van der Waals surface area contributed by atoms with Gasteiger partial charge in [-0.1, -0.05) is 35.9 Å². The molecule has 0 atom stereocenters. The number of rotatable bonds is 4. The van der Waals surface area contributed by atoms with Crippen LogP contribution in [0.15, 0.2) is 47.5 Å². The van der Waals surface area contributed by atoms with Crippen molar-refractivity contribution in [2.45, 2.75) is 18.4 Å². The zero-order chi connectivity index (χ0) is 15.7. The van der Waals surface area contributed by atoms with E-state index >= 15 is 0 Å². The predicted octanol–water partition coefficient (Wildman–Crippen LogP) is 2.91. The highest BCUT2D eigenvalue weighted by molar-refractivity contribution is 7.92. The molecule has 1 heterocycles. The molecule has 0 saturated carbocycles. The topological polar surface area (TPSA) is 76.9 Å². The number of fused-ring (bicyclic) bond motifs is 1. The van der Waals surface area contributed by atoms with E-state index in [0.29, 0.717) is 6.54 Å². The summed E-state index contributed by atoms with van der Waals surface area (Å²) in [6.07, 6.45) is 1.36. The second-order valence-electron chi connectivity index (χ2n) is 4.65. The summed E-state index contributed by atoms with van der Waals surface area (Å²) in [5.74, 6) is 0.158. The zero-order valence-corrected chi connectivity index (χ0v) is 13.3. The highest BCUT2D eigenvalue weighted by Crippen LogP contribution is 2.28. The van der Waals surface area contributed by atoms with Crippen LogP contribution < -0.4 is 4.72 Å². The van der Waals surface area contributed by atoms with Crippen LogP contribution in [0.1, 0.15) is 6.92 Å². The zero-order valence-electron chi connectivity index (χ0n) is 11.7. The Morgan fingerprint density at radius 3 is 2.55 bits per heavy atom. The third kappa shape index (κ3) is 2.77. The highest BCUT2D eigenvalue weighted by Gasteiger charge is 2.20. The minimum absolute atomic E-state index is 0.0129. The summed E-state index contributed by atoms with van der Waals surface area (Å²) in [6.45, 7) is 2.41. The lowest BCUT2D eigenvalue weighted by molar-refractivity contribution is 0.570. The van der Waals surface area contributed by atoms with Gasteiger partial charge in [0.1, 0.15) is 4.90 Å². The van der Waals surface area contributed by atoms with Crippen molar-refractivity contribution in [3.8, 4) is 0 Å². The number of nitrogens with one attached hydrogen (secondary N) is 1. The van der Waals surface area contributed by atoms with Gasteiger partial charge in [-0.25, -0.2) is 8.42 Å². The number of sulfonamides is 1. The summed E-state index contributed by atoms with van der Waals surface area (Å²) in [7, 11) is -3.83. The van der Waals surface area contributed by atoms with Gasteiger partial charge in [0.2, 0.25) is 0 Å². The molecule has 0 aliphatic heterocycles. The number of aryl methyl sites for hydroxylation is 1. The van der Waals surface area contributed by atoms with Crippen LogP contribution in [0, 0.1) is 0 Å². The molecule has 22 heavy (non-hydrogen) atoms. The number of hydrogen-bond donors (Lipinski definition) is 1. The molecule has 0 fully saturated rings. The molecular formula is C14H13ClN4O2S. The van der Waals surface area contributed by atoms with E-state index in [0.717, 1.165) is 10.8 Å². The van der Waals surface area contributed by atoms with Crippen molar-refractivity contribution in [1.29, 1.82) is 0 Å². The number of aromatic nitrogens is 3. The van der Waals surface area contributed by atoms with Crippen molar-refractivity contribution < 1.29 is 8.42 Å². The first-order valence-corrected chi connectivity index (χ1v) is 8.47. The summed E-state index contributed by atoms with van der Waals surface area (Å²) in [4.78, 5) is 1.40. The van der Waals surface area contributed by atoms with E-state index in [9.17, 15) is 8.42 Å². The molecule has 8 heteroatoms. The van der Waals surface area contributed by atoms with Gasteiger partial charge in [0, 0.05) is 0 Å². The third-order valence-electron chi connectivity index (χ3n) is 3.15. The molecule has 1 N–H and O–H groups in total. The Hall–Kier alpha value is -2.12. The molecule has 0 radical (unpaired) electrons. The monoisotopic (exact) mass is 336 g/mol. The standard InChI is InChI=1S/C14H13ClN4O2S/c1-2-19-16-9-14(17-19)18-22(20,21)13-8-11-6-4-3-5-10(11)7-12(13)15/h3-9H,2H2,1H3,(H,17,18). The van der Waals surface area contributed by atoms with Crippen molar-refractivity contribution >= 4 is 38.2 Å². The molecule has 0 saturated heterocycles. The average Bonchev–Trinajstić information content (AvgIpc) is 2.93. The van der Waals surface area contributed by atoms with E-state index in [4.69, 9.17) is 11.6 Å². The maximum atomic E-state index is 12.5.